The van der Waals surface area contributed by atoms with Crippen molar-refractivity contribution < 1.29 is 14.6 Å². The molecule has 0 radical (unpaired) electrons. The molecule has 1 fully saturated rings. The van der Waals surface area contributed by atoms with Gasteiger partial charge >= 0.3 is 5.97 Å². The number of benzene rings is 1. The second kappa shape index (κ2) is 4.79. The second-order valence-electron chi connectivity index (χ2n) is 4.82. The Bertz CT molecular complexity index is 698. The summed E-state index contributed by atoms with van der Waals surface area (Å²) in [6.07, 6.45) is 1.75. The van der Waals surface area contributed by atoms with Gasteiger partial charge in [-0.25, -0.2) is 9.78 Å². The van der Waals surface area contributed by atoms with Crippen LogP contribution >= 0.6 is 23.2 Å². The van der Waals surface area contributed by atoms with Gasteiger partial charge in [-0.15, -0.1) is 0 Å². The zero-order chi connectivity index (χ0) is 14.3. The maximum absolute atomic E-state index is 11.4. The lowest BCUT2D eigenvalue weighted by atomic mass is 9.80. The molecular weight excluding hydrogens is 301 g/mol. The Hall–Kier alpha value is -1.52. The predicted octanol–water partition coefficient (Wildman–Crippen LogP) is 3.93. The zero-order valence-electron chi connectivity index (χ0n) is 10.4. The van der Waals surface area contributed by atoms with Crippen molar-refractivity contribution in [2.45, 2.75) is 24.9 Å². The second-order valence-corrected chi connectivity index (χ2v) is 5.55. The number of nitrogens with zero attached hydrogens (tertiary/aromatic N) is 1. The molecular formula is C14H11Cl2NO3. The summed E-state index contributed by atoms with van der Waals surface area (Å²) in [7, 11) is 0. The van der Waals surface area contributed by atoms with Gasteiger partial charge in [0.05, 0.1) is 5.52 Å². The number of halogens is 2. The Morgan fingerprint density at radius 1 is 1.30 bits per heavy atom. The summed E-state index contributed by atoms with van der Waals surface area (Å²) in [5, 5.41) is 10.3. The molecule has 104 valence electrons. The highest BCUT2D eigenvalue weighted by molar-refractivity contribution is 6.43. The Kier molecular flexibility index (Phi) is 3.22. The molecule has 1 aliphatic rings. The van der Waals surface area contributed by atoms with Crippen molar-refractivity contribution in [2.24, 2.45) is 0 Å². The first-order valence-corrected chi connectivity index (χ1v) is 6.95. The number of aliphatic carboxylic acids is 1. The Morgan fingerprint density at radius 2 is 2.00 bits per heavy atom. The van der Waals surface area contributed by atoms with E-state index in [-0.39, 0.29) is 10.2 Å². The smallest absolute Gasteiger partial charge is 0.348 e. The van der Waals surface area contributed by atoms with Gasteiger partial charge in [-0.05, 0) is 31.4 Å². The summed E-state index contributed by atoms with van der Waals surface area (Å²) >= 11 is 12.1. The highest BCUT2D eigenvalue weighted by Crippen LogP contribution is 2.43. The number of carboxylic acid groups (broad SMARTS) is 1. The maximum atomic E-state index is 11.4. The molecule has 20 heavy (non-hydrogen) atoms. The molecule has 6 heteroatoms. The van der Waals surface area contributed by atoms with Crippen LogP contribution in [-0.2, 0) is 4.79 Å². The first kappa shape index (κ1) is 13.5. The van der Waals surface area contributed by atoms with E-state index in [4.69, 9.17) is 27.9 Å². The standard InChI is InChI=1S/C14H11Cl2NO3/c15-10-11(20-14(13(18)19)6-3-7-14)8-4-1-2-5-9(8)17-12(10)16/h1-2,4-5H,3,6-7H2,(H,18,19). The van der Waals surface area contributed by atoms with Crippen LogP contribution in [0.3, 0.4) is 0 Å². The molecule has 0 amide bonds. The molecule has 1 saturated carbocycles. The molecule has 0 bridgehead atoms. The highest BCUT2D eigenvalue weighted by atomic mass is 35.5. The molecule has 1 aromatic carbocycles. The van der Waals surface area contributed by atoms with Gasteiger partial charge in [0.25, 0.3) is 0 Å². The third-order valence-corrected chi connectivity index (χ3v) is 4.32. The van der Waals surface area contributed by atoms with E-state index in [2.05, 4.69) is 4.98 Å². The number of hydrogen-bond donors (Lipinski definition) is 1. The van der Waals surface area contributed by atoms with Gasteiger partial charge in [-0.3, -0.25) is 0 Å². The van der Waals surface area contributed by atoms with E-state index < -0.39 is 11.6 Å². The van der Waals surface area contributed by atoms with Crippen LogP contribution in [-0.4, -0.2) is 21.7 Å². The molecule has 1 aromatic heterocycles. The summed E-state index contributed by atoms with van der Waals surface area (Å²) in [5.74, 6) is -0.679. The van der Waals surface area contributed by atoms with E-state index in [0.717, 1.165) is 6.42 Å². The first-order chi connectivity index (χ1) is 9.53. The fourth-order valence-electron chi connectivity index (χ4n) is 2.28. The lowest BCUT2D eigenvalue weighted by Crippen LogP contribution is -2.50. The number of aromatic nitrogens is 1. The van der Waals surface area contributed by atoms with Crippen LogP contribution in [0.25, 0.3) is 10.9 Å². The lowest BCUT2D eigenvalue weighted by molar-refractivity contribution is -0.163. The van der Waals surface area contributed by atoms with Crippen molar-refractivity contribution in [3.63, 3.8) is 0 Å². The molecule has 0 spiro atoms. The molecule has 0 saturated heterocycles. The van der Waals surface area contributed by atoms with Crippen LogP contribution in [0.15, 0.2) is 24.3 Å². The molecule has 0 atom stereocenters. The van der Waals surface area contributed by atoms with Gasteiger partial charge < -0.3 is 9.84 Å². The summed E-state index contributed by atoms with van der Waals surface area (Å²) < 4.78 is 5.77. The zero-order valence-corrected chi connectivity index (χ0v) is 11.9. The fourth-order valence-corrected chi connectivity index (χ4v) is 2.64. The lowest BCUT2D eigenvalue weighted by Gasteiger charge is -2.38. The van der Waals surface area contributed by atoms with Gasteiger partial charge in [0.15, 0.2) is 10.9 Å². The highest BCUT2D eigenvalue weighted by Gasteiger charge is 2.47. The van der Waals surface area contributed by atoms with E-state index >= 15 is 0 Å². The van der Waals surface area contributed by atoms with E-state index in [1.165, 1.54) is 0 Å². The van der Waals surface area contributed by atoms with Crippen molar-refractivity contribution in [3.05, 3.63) is 34.4 Å². The molecule has 0 unspecified atom stereocenters. The fraction of sp³-hybridized carbons (Fsp3) is 0.286. The van der Waals surface area contributed by atoms with E-state index in [0.29, 0.717) is 29.5 Å². The molecule has 1 heterocycles. The van der Waals surface area contributed by atoms with Gasteiger partial charge in [0.2, 0.25) is 5.60 Å². The molecule has 4 nitrogen and oxygen atoms in total. The minimum atomic E-state index is -1.20. The van der Waals surface area contributed by atoms with Crippen molar-refractivity contribution in [3.8, 4) is 5.75 Å². The number of ether oxygens (including phenoxy) is 1. The van der Waals surface area contributed by atoms with Gasteiger partial charge in [0.1, 0.15) is 5.02 Å². The van der Waals surface area contributed by atoms with Crippen molar-refractivity contribution >= 4 is 40.1 Å². The van der Waals surface area contributed by atoms with Crippen LogP contribution in [0, 0.1) is 0 Å². The predicted molar refractivity (Wildman–Crippen MR) is 76.6 cm³/mol. The van der Waals surface area contributed by atoms with Gasteiger partial charge in [0, 0.05) is 5.39 Å². The number of pyridine rings is 1. The van der Waals surface area contributed by atoms with Crippen LogP contribution < -0.4 is 4.74 Å². The third kappa shape index (κ3) is 2.00. The minimum Gasteiger partial charge on any atom is -0.478 e. The normalized spacial score (nSPS) is 16.7. The topological polar surface area (TPSA) is 59.4 Å². The molecule has 2 aromatic rings. The summed E-state index contributed by atoms with van der Waals surface area (Å²) in [4.78, 5) is 15.6. The summed E-state index contributed by atoms with van der Waals surface area (Å²) in [6, 6.07) is 7.20. The molecule has 0 aliphatic heterocycles. The van der Waals surface area contributed by atoms with Crippen molar-refractivity contribution in [1.82, 2.24) is 4.98 Å². The third-order valence-electron chi connectivity index (χ3n) is 3.60. The average Bonchev–Trinajstić information content (AvgIpc) is 2.37. The summed E-state index contributed by atoms with van der Waals surface area (Å²) in [6.45, 7) is 0. The van der Waals surface area contributed by atoms with Crippen LogP contribution in [0.5, 0.6) is 5.75 Å². The van der Waals surface area contributed by atoms with Crippen LogP contribution in [0.2, 0.25) is 10.2 Å². The first-order valence-electron chi connectivity index (χ1n) is 6.20. The number of hydrogen-bond acceptors (Lipinski definition) is 3. The van der Waals surface area contributed by atoms with E-state index in [1.807, 2.05) is 12.1 Å². The molecule has 1 N–H and O–H groups in total. The quantitative estimate of drug-likeness (QED) is 0.873. The largest absolute Gasteiger partial charge is 0.478 e. The maximum Gasteiger partial charge on any atom is 0.348 e. The number of fused-ring (bicyclic) bond motifs is 1. The van der Waals surface area contributed by atoms with Crippen LogP contribution in [0.1, 0.15) is 19.3 Å². The van der Waals surface area contributed by atoms with Crippen LogP contribution in [0.4, 0.5) is 0 Å². The number of carbonyl (C=O) groups is 1. The van der Waals surface area contributed by atoms with E-state index in [1.54, 1.807) is 12.1 Å². The Labute approximate surface area is 125 Å². The van der Waals surface area contributed by atoms with E-state index in [9.17, 15) is 9.90 Å². The van der Waals surface area contributed by atoms with Crippen molar-refractivity contribution in [1.29, 1.82) is 0 Å². The Balaban J connectivity index is 2.15. The average molecular weight is 312 g/mol. The molecule has 3 rings (SSSR count). The number of para-hydroxylation sites is 1. The molecule has 1 aliphatic carbocycles. The van der Waals surface area contributed by atoms with Crippen molar-refractivity contribution in [2.75, 3.05) is 0 Å². The van der Waals surface area contributed by atoms with Gasteiger partial charge in [-0.2, -0.15) is 0 Å². The summed E-state index contributed by atoms with van der Waals surface area (Å²) in [5.41, 5.74) is -0.575. The number of rotatable bonds is 3. The van der Waals surface area contributed by atoms with Gasteiger partial charge in [-0.1, -0.05) is 35.3 Å². The Morgan fingerprint density at radius 3 is 2.60 bits per heavy atom. The minimum absolute atomic E-state index is 0.111. The SMILES string of the molecule is O=C(O)C1(Oc2c(Cl)c(Cl)nc3ccccc23)CCC1. The monoisotopic (exact) mass is 311 g/mol. The number of carboxylic acids is 1.